The smallest absolute Gasteiger partial charge is 0.123 e. The van der Waals surface area contributed by atoms with Crippen LogP contribution in [0, 0.1) is 0 Å². The maximum atomic E-state index is 9.66. The van der Waals surface area contributed by atoms with E-state index in [-0.39, 0.29) is 5.75 Å². The van der Waals surface area contributed by atoms with Gasteiger partial charge >= 0.3 is 0 Å². The highest BCUT2D eigenvalue weighted by atomic mass is 79.9. The number of aliphatic hydroxyl groups is 1. The van der Waals surface area contributed by atoms with E-state index in [4.69, 9.17) is 17.3 Å². The summed E-state index contributed by atoms with van der Waals surface area (Å²) in [5.41, 5.74) is 5.74. The number of aliphatic hydroxyl groups excluding tert-OH is 1. The van der Waals surface area contributed by atoms with Crippen molar-refractivity contribution in [1.29, 1.82) is 0 Å². The Kier molecular flexibility index (Phi) is 4.19. The van der Waals surface area contributed by atoms with Gasteiger partial charge in [0.15, 0.2) is 0 Å². The molecule has 1 aromatic rings. The molecule has 0 bridgehead atoms. The third-order valence-corrected chi connectivity index (χ3v) is 2.72. The lowest BCUT2D eigenvalue weighted by Gasteiger charge is -2.13. The number of nitrogens with two attached hydrogens (primary N) is 1. The molecule has 0 radical (unpaired) electrons. The minimum absolute atomic E-state index is 0.0228. The van der Waals surface area contributed by atoms with Crippen LogP contribution in [-0.4, -0.2) is 16.8 Å². The van der Waals surface area contributed by atoms with E-state index in [1.165, 1.54) is 6.07 Å². The average molecular weight is 281 g/mol. The summed E-state index contributed by atoms with van der Waals surface area (Å²) < 4.78 is 0.587. The van der Waals surface area contributed by atoms with Gasteiger partial charge in [-0.15, -0.1) is 0 Å². The second kappa shape index (κ2) is 4.98. The molecule has 78 valence electrons. The van der Waals surface area contributed by atoms with Gasteiger partial charge in [0.1, 0.15) is 5.75 Å². The van der Waals surface area contributed by atoms with Crippen LogP contribution >= 0.6 is 27.5 Å². The van der Waals surface area contributed by atoms with Crippen LogP contribution in [0.4, 0.5) is 0 Å². The third kappa shape index (κ3) is 2.60. The number of phenolic OH excluding ortho intramolecular Hbond substituents is 1. The van der Waals surface area contributed by atoms with Crippen LogP contribution in [0.2, 0.25) is 5.02 Å². The van der Waals surface area contributed by atoms with Gasteiger partial charge in [-0.3, -0.25) is 0 Å². The Hall–Kier alpha value is -0.290. The van der Waals surface area contributed by atoms with Gasteiger partial charge < -0.3 is 15.9 Å². The number of hydrogen-bond acceptors (Lipinski definition) is 3. The van der Waals surface area contributed by atoms with Gasteiger partial charge in [0.2, 0.25) is 0 Å². The summed E-state index contributed by atoms with van der Waals surface area (Å²) in [7, 11) is 0. The van der Waals surface area contributed by atoms with Crippen molar-refractivity contribution in [2.75, 3.05) is 6.54 Å². The molecule has 0 amide bonds. The molecule has 5 heteroatoms. The monoisotopic (exact) mass is 279 g/mol. The third-order valence-electron chi connectivity index (χ3n) is 1.85. The standard InChI is InChI=1S/C9H11BrClNO2/c10-6-3-5(11)4-8(14)9(6)7(13)1-2-12/h3-4,7,13-14H,1-2,12H2. The molecule has 0 saturated carbocycles. The van der Waals surface area contributed by atoms with Crippen LogP contribution in [0.25, 0.3) is 0 Å². The van der Waals surface area contributed by atoms with Gasteiger partial charge in [-0.2, -0.15) is 0 Å². The van der Waals surface area contributed by atoms with Crippen LogP contribution in [0.3, 0.4) is 0 Å². The van der Waals surface area contributed by atoms with E-state index in [1.54, 1.807) is 6.07 Å². The first-order valence-corrected chi connectivity index (χ1v) is 5.29. The maximum absolute atomic E-state index is 9.66. The lowest BCUT2D eigenvalue weighted by Crippen LogP contribution is -2.07. The Bertz CT molecular complexity index is 310. The van der Waals surface area contributed by atoms with Crippen LogP contribution in [-0.2, 0) is 0 Å². The van der Waals surface area contributed by atoms with E-state index in [0.29, 0.717) is 28.0 Å². The summed E-state index contributed by atoms with van der Waals surface area (Å²) in [6.45, 7) is 0.357. The quantitative estimate of drug-likeness (QED) is 0.795. The molecule has 0 fully saturated rings. The van der Waals surface area contributed by atoms with E-state index in [1.807, 2.05) is 0 Å². The van der Waals surface area contributed by atoms with Crippen molar-refractivity contribution in [3.8, 4) is 5.75 Å². The second-order valence-corrected chi connectivity index (χ2v) is 4.20. The summed E-state index contributed by atoms with van der Waals surface area (Å²) >= 11 is 8.93. The van der Waals surface area contributed by atoms with Crippen molar-refractivity contribution in [2.24, 2.45) is 5.73 Å². The van der Waals surface area contributed by atoms with Gasteiger partial charge in [0.25, 0.3) is 0 Å². The molecule has 1 rings (SSSR count). The number of phenols is 1. The lowest BCUT2D eigenvalue weighted by atomic mass is 10.1. The summed E-state index contributed by atoms with van der Waals surface area (Å²) in [6.07, 6.45) is -0.375. The van der Waals surface area contributed by atoms with Crippen molar-refractivity contribution in [3.05, 3.63) is 27.2 Å². The van der Waals surface area contributed by atoms with E-state index in [2.05, 4.69) is 15.9 Å². The molecule has 1 atom stereocenters. The Labute approximate surface area is 95.6 Å². The van der Waals surface area contributed by atoms with Crippen molar-refractivity contribution in [2.45, 2.75) is 12.5 Å². The first-order valence-electron chi connectivity index (χ1n) is 4.12. The van der Waals surface area contributed by atoms with Crippen LogP contribution in [0.1, 0.15) is 18.1 Å². The minimum atomic E-state index is -0.772. The second-order valence-electron chi connectivity index (χ2n) is 2.91. The van der Waals surface area contributed by atoms with Gasteiger partial charge in [-0.1, -0.05) is 27.5 Å². The zero-order chi connectivity index (χ0) is 10.7. The highest BCUT2D eigenvalue weighted by Gasteiger charge is 2.15. The molecule has 0 aliphatic rings. The number of hydrogen-bond donors (Lipinski definition) is 3. The molecule has 14 heavy (non-hydrogen) atoms. The molecule has 0 saturated heterocycles. The highest BCUT2D eigenvalue weighted by molar-refractivity contribution is 9.10. The Morgan fingerprint density at radius 2 is 2.14 bits per heavy atom. The fourth-order valence-corrected chi connectivity index (χ4v) is 2.26. The van der Waals surface area contributed by atoms with E-state index >= 15 is 0 Å². The Morgan fingerprint density at radius 1 is 1.50 bits per heavy atom. The molecule has 0 aliphatic heterocycles. The van der Waals surface area contributed by atoms with E-state index < -0.39 is 6.10 Å². The molecule has 1 aromatic carbocycles. The zero-order valence-corrected chi connectivity index (χ0v) is 9.72. The van der Waals surface area contributed by atoms with E-state index in [0.717, 1.165) is 0 Å². The SMILES string of the molecule is NCCC(O)c1c(O)cc(Cl)cc1Br. The Morgan fingerprint density at radius 3 is 2.64 bits per heavy atom. The van der Waals surface area contributed by atoms with Gasteiger partial charge in [-0.05, 0) is 25.1 Å². The number of benzene rings is 1. The predicted octanol–water partition coefficient (Wildman–Crippen LogP) is 2.19. The summed E-state index contributed by atoms with van der Waals surface area (Å²) in [6, 6.07) is 3.01. The molecule has 0 aliphatic carbocycles. The molecule has 0 aromatic heterocycles. The highest BCUT2D eigenvalue weighted by Crippen LogP contribution is 2.35. The number of rotatable bonds is 3. The molecule has 0 spiro atoms. The molecule has 0 heterocycles. The summed E-state index contributed by atoms with van der Waals surface area (Å²) in [5, 5.41) is 19.6. The van der Waals surface area contributed by atoms with Crippen LogP contribution < -0.4 is 5.73 Å². The lowest BCUT2D eigenvalue weighted by molar-refractivity contribution is 0.166. The fraction of sp³-hybridized carbons (Fsp3) is 0.333. The zero-order valence-electron chi connectivity index (χ0n) is 7.37. The molecule has 1 unspecified atom stereocenters. The largest absolute Gasteiger partial charge is 0.507 e. The first-order chi connectivity index (χ1) is 6.56. The summed E-state index contributed by atoms with van der Waals surface area (Å²) in [4.78, 5) is 0. The molecular weight excluding hydrogens is 269 g/mol. The van der Waals surface area contributed by atoms with Crippen molar-refractivity contribution in [3.63, 3.8) is 0 Å². The van der Waals surface area contributed by atoms with Crippen LogP contribution in [0.15, 0.2) is 16.6 Å². The Balaban J connectivity index is 3.07. The fourth-order valence-electron chi connectivity index (χ4n) is 1.20. The topological polar surface area (TPSA) is 66.5 Å². The first kappa shape index (κ1) is 11.8. The number of halogens is 2. The normalized spacial score (nSPS) is 12.9. The van der Waals surface area contributed by atoms with Crippen molar-refractivity contribution < 1.29 is 10.2 Å². The van der Waals surface area contributed by atoms with Gasteiger partial charge in [0, 0.05) is 15.1 Å². The molecule has 4 N–H and O–H groups in total. The van der Waals surface area contributed by atoms with E-state index in [9.17, 15) is 10.2 Å². The van der Waals surface area contributed by atoms with Crippen LogP contribution in [0.5, 0.6) is 5.75 Å². The summed E-state index contributed by atoms with van der Waals surface area (Å²) in [5.74, 6) is -0.0228. The maximum Gasteiger partial charge on any atom is 0.123 e. The average Bonchev–Trinajstić information content (AvgIpc) is 2.01. The minimum Gasteiger partial charge on any atom is -0.507 e. The van der Waals surface area contributed by atoms with Crippen molar-refractivity contribution in [1.82, 2.24) is 0 Å². The molecule has 3 nitrogen and oxygen atoms in total. The van der Waals surface area contributed by atoms with Crippen molar-refractivity contribution >= 4 is 27.5 Å². The number of aromatic hydroxyl groups is 1. The predicted molar refractivity (Wildman–Crippen MR) is 59.4 cm³/mol. The van der Waals surface area contributed by atoms with Gasteiger partial charge in [0.05, 0.1) is 6.10 Å². The molecular formula is C9H11BrClNO2. The van der Waals surface area contributed by atoms with Gasteiger partial charge in [-0.25, -0.2) is 0 Å².